The van der Waals surface area contributed by atoms with Crippen LogP contribution in [0, 0.1) is 0 Å². The fourth-order valence-electron chi connectivity index (χ4n) is 3.44. The van der Waals surface area contributed by atoms with Crippen LogP contribution in [-0.4, -0.2) is 30.2 Å². The van der Waals surface area contributed by atoms with Crippen molar-refractivity contribution in [2.45, 2.75) is 19.1 Å². The van der Waals surface area contributed by atoms with Crippen LogP contribution < -0.4 is 10.1 Å². The molecule has 0 spiro atoms. The molecule has 1 N–H and O–H groups in total. The molecule has 1 aliphatic carbocycles. The molecule has 31 heavy (non-hydrogen) atoms. The summed E-state index contributed by atoms with van der Waals surface area (Å²) in [5.74, 6) is 3.06. The van der Waals surface area contributed by atoms with Gasteiger partial charge in [-0.3, -0.25) is 0 Å². The van der Waals surface area contributed by atoms with Crippen LogP contribution in [0.15, 0.2) is 90.7 Å². The van der Waals surface area contributed by atoms with Crippen molar-refractivity contribution in [2.24, 2.45) is 0 Å². The van der Waals surface area contributed by atoms with Crippen molar-refractivity contribution in [1.82, 2.24) is 9.97 Å². The summed E-state index contributed by atoms with van der Waals surface area (Å²) in [7, 11) is 3.32. The normalized spacial score (nSPS) is 15.5. The Morgan fingerprint density at radius 2 is 1.77 bits per heavy atom. The Morgan fingerprint density at radius 3 is 2.58 bits per heavy atom. The molecule has 3 aromatic rings. The molecule has 2 aromatic carbocycles. The van der Waals surface area contributed by atoms with E-state index >= 15 is 0 Å². The van der Waals surface area contributed by atoms with Gasteiger partial charge in [0.2, 0.25) is 0 Å². The molecule has 0 radical (unpaired) electrons. The summed E-state index contributed by atoms with van der Waals surface area (Å²) in [6, 6.07) is 19.8. The molecule has 0 bridgehead atoms. The van der Waals surface area contributed by atoms with Gasteiger partial charge in [-0.1, -0.05) is 48.5 Å². The lowest BCUT2D eigenvalue weighted by Crippen LogP contribution is -2.22. The summed E-state index contributed by atoms with van der Waals surface area (Å²) in [4.78, 5) is 8.78. The molecule has 6 heteroatoms. The first-order chi connectivity index (χ1) is 15.3. The summed E-state index contributed by atoms with van der Waals surface area (Å²) < 4.78 is 17.0. The molecule has 4 rings (SSSR count). The highest BCUT2D eigenvalue weighted by Gasteiger charge is 2.19. The van der Waals surface area contributed by atoms with Crippen molar-refractivity contribution in [1.29, 1.82) is 0 Å². The minimum atomic E-state index is 0.0273. The van der Waals surface area contributed by atoms with Gasteiger partial charge in [-0.15, -0.1) is 0 Å². The number of rotatable bonds is 8. The Hall–Kier alpha value is -3.80. The van der Waals surface area contributed by atoms with Crippen LogP contribution in [0.2, 0.25) is 0 Å². The van der Waals surface area contributed by atoms with Crippen LogP contribution in [0.3, 0.4) is 0 Å². The third-order valence-electron chi connectivity index (χ3n) is 5.03. The average molecular weight is 415 g/mol. The Morgan fingerprint density at radius 1 is 0.968 bits per heavy atom. The SMILES string of the molecule is COC1=C(OCc2ccccc2)C=CC(Nc2cc(-c3ccccc3OC)ncn2)C1. The third kappa shape index (κ3) is 5.04. The standard InChI is InChI=1S/C25H25N3O3/c1-29-22-11-7-6-10-20(22)21-15-25(27-17-26-21)28-19-12-13-23(24(14-19)30-2)31-16-18-8-4-3-5-9-18/h3-13,15,17,19H,14,16H2,1-2H3,(H,26,27,28). The zero-order valence-corrected chi connectivity index (χ0v) is 17.6. The first-order valence-corrected chi connectivity index (χ1v) is 10.1. The molecule has 1 aliphatic rings. The van der Waals surface area contributed by atoms with E-state index in [0.29, 0.717) is 13.0 Å². The predicted octanol–water partition coefficient (Wildman–Crippen LogP) is 4.97. The van der Waals surface area contributed by atoms with Gasteiger partial charge in [0, 0.05) is 18.1 Å². The van der Waals surface area contributed by atoms with Gasteiger partial charge in [0.25, 0.3) is 0 Å². The second kappa shape index (κ2) is 9.80. The monoisotopic (exact) mass is 415 g/mol. The van der Waals surface area contributed by atoms with Gasteiger partial charge in [-0.25, -0.2) is 9.97 Å². The lowest BCUT2D eigenvalue weighted by Gasteiger charge is -2.23. The number of aromatic nitrogens is 2. The van der Waals surface area contributed by atoms with Gasteiger partial charge in [-0.2, -0.15) is 0 Å². The van der Waals surface area contributed by atoms with Crippen molar-refractivity contribution in [2.75, 3.05) is 19.5 Å². The third-order valence-corrected chi connectivity index (χ3v) is 5.03. The fourth-order valence-corrected chi connectivity index (χ4v) is 3.44. The number of allylic oxidation sites excluding steroid dienone is 1. The Labute approximate surface area is 182 Å². The maximum absolute atomic E-state index is 5.97. The number of nitrogens with one attached hydrogen (secondary N) is 1. The number of para-hydroxylation sites is 1. The molecule has 1 unspecified atom stereocenters. The number of hydrogen-bond acceptors (Lipinski definition) is 6. The molecular formula is C25H25N3O3. The van der Waals surface area contributed by atoms with Crippen molar-refractivity contribution >= 4 is 5.82 Å². The molecule has 1 aromatic heterocycles. The minimum Gasteiger partial charge on any atom is -0.497 e. The minimum absolute atomic E-state index is 0.0273. The molecule has 0 saturated carbocycles. The highest BCUT2D eigenvalue weighted by Crippen LogP contribution is 2.29. The zero-order chi connectivity index (χ0) is 21.5. The van der Waals surface area contributed by atoms with E-state index in [1.807, 2.05) is 66.7 Å². The molecule has 0 saturated heterocycles. The van der Waals surface area contributed by atoms with E-state index in [9.17, 15) is 0 Å². The second-order valence-electron chi connectivity index (χ2n) is 7.07. The van der Waals surface area contributed by atoms with E-state index in [4.69, 9.17) is 14.2 Å². The summed E-state index contributed by atoms with van der Waals surface area (Å²) >= 11 is 0. The second-order valence-corrected chi connectivity index (χ2v) is 7.07. The van der Waals surface area contributed by atoms with E-state index in [1.54, 1.807) is 20.5 Å². The maximum Gasteiger partial charge on any atom is 0.157 e. The molecule has 6 nitrogen and oxygen atoms in total. The molecular weight excluding hydrogens is 390 g/mol. The Balaban J connectivity index is 1.44. The number of benzene rings is 2. The summed E-state index contributed by atoms with van der Waals surface area (Å²) in [5.41, 5.74) is 2.83. The van der Waals surface area contributed by atoms with E-state index in [1.165, 1.54) is 0 Å². The summed E-state index contributed by atoms with van der Waals surface area (Å²) in [5, 5.41) is 3.44. The number of methoxy groups -OCH3 is 2. The zero-order valence-electron chi connectivity index (χ0n) is 17.6. The van der Waals surface area contributed by atoms with Crippen molar-refractivity contribution in [3.63, 3.8) is 0 Å². The summed E-state index contributed by atoms with van der Waals surface area (Å²) in [6.07, 6.45) is 6.22. The van der Waals surface area contributed by atoms with Crippen LogP contribution in [0.5, 0.6) is 5.75 Å². The average Bonchev–Trinajstić information content (AvgIpc) is 2.84. The predicted molar refractivity (Wildman–Crippen MR) is 120 cm³/mol. The van der Waals surface area contributed by atoms with Crippen LogP contribution in [0.4, 0.5) is 5.82 Å². The summed E-state index contributed by atoms with van der Waals surface area (Å²) in [6.45, 7) is 0.500. The van der Waals surface area contributed by atoms with Gasteiger partial charge in [-0.05, 0) is 23.8 Å². The van der Waals surface area contributed by atoms with Crippen molar-refractivity contribution < 1.29 is 14.2 Å². The van der Waals surface area contributed by atoms with Gasteiger partial charge in [0.05, 0.1) is 26.0 Å². The quantitative estimate of drug-likeness (QED) is 0.561. The molecule has 0 amide bonds. The van der Waals surface area contributed by atoms with Gasteiger partial charge in [0.1, 0.15) is 30.3 Å². The number of ether oxygens (including phenoxy) is 3. The highest BCUT2D eigenvalue weighted by atomic mass is 16.5. The first-order valence-electron chi connectivity index (χ1n) is 10.1. The van der Waals surface area contributed by atoms with E-state index in [2.05, 4.69) is 21.4 Å². The van der Waals surface area contributed by atoms with Crippen molar-refractivity contribution in [3.8, 4) is 17.0 Å². The Bertz CT molecular complexity index is 1080. The van der Waals surface area contributed by atoms with Crippen LogP contribution in [-0.2, 0) is 16.1 Å². The van der Waals surface area contributed by atoms with Crippen LogP contribution in [0.25, 0.3) is 11.3 Å². The van der Waals surface area contributed by atoms with Crippen molar-refractivity contribution in [3.05, 3.63) is 96.2 Å². The largest absolute Gasteiger partial charge is 0.497 e. The number of nitrogens with zero attached hydrogens (tertiary/aromatic N) is 2. The van der Waals surface area contributed by atoms with E-state index in [0.717, 1.165) is 39.9 Å². The topological polar surface area (TPSA) is 65.5 Å². The number of hydrogen-bond donors (Lipinski definition) is 1. The van der Waals surface area contributed by atoms with Gasteiger partial charge in [0.15, 0.2) is 5.76 Å². The molecule has 1 atom stereocenters. The van der Waals surface area contributed by atoms with E-state index in [-0.39, 0.29) is 6.04 Å². The highest BCUT2D eigenvalue weighted by molar-refractivity contribution is 5.69. The molecule has 158 valence electrons. The number of anilines is 1. The van der Waals surface area contributed by atoms with Crippen LogP contribution in [0.1, 0.15) is 12.0 Å². The Kier molecular flexibility index (Phi) is 6.47. The lowest BCUT2D eigenvalue weighted by molar-refractivity contribution is 0.169. The van der Waals surface area contributed by atoms with E-state index < -0.39 is 0 Å². The molecule has 0 fully saturated rings. The smallest absolute Gasteiger partial charge is 0.157 e. The first kappa shape index (κ1) is 20.5. The maximum atomic E-state index is 5.97. The van der Waals surface area contributed by atoms with Gasteiger partial charge >= 0.3 is 0 Å². The fraction of sp³-hybridized carbons (Fsp3) is 0.200. The van der Waals surface area contributed by atoms with Crippen LogP contribution >= 0.6 is 0 Å². The molecule has 0 aliphatic heterocycles. The lowest BCUT2D eigenvalue weighted by atomic mass is 10.1. The van der Waals surface area contributed by atoms with Gasteiger partial charge < -0.3 is 19.5 Å². The molecule has 1 heterocycles.